The molecule has 21 heavy (non-hydrogen) atoms. The third-order valence-corrected chi connectivity index (χ3v) is 3.45. The van der Waals surface area contributed by atoms with Crippen LogP contribution in [0.5, 0.6) is 11.5 Å². The van der Waals surface area contributed by atoms with E-state index in [2.05, 4.69) is 6.92 Å². The summed E-state index contributed by atoms with van der Waals surface area (Å²) in [6.07, 6.45) is 8.74. The predicted octanol–water partition coefficient (Wildman–Crippen LogP) is 3.92. The molecule has 0 aromatic heterocycles. The first-order chi connectivity index (χ1) is 10.2. The molecular weight excluding hydrogens is 266 g/mol. The maximum atomic E-state index is 11.1. The molecule has 0 bridgehead atoms. The Morgan fingerprint density at radius 2 is 1.71 bits per heavy atom. The number of hydrogen-bond donors (Lipinski definition) is 1. The minimum absolute atomic E-state index is 0.426. The molecule has 0 fully saturated rings. The second kappa shape index (κ2) is 10.1. The van der Waals surface area contributed by atoms with Crippen molar-refractivity contribution in [3.05, 3.63) is 23.8 Å². The Bertz CT molecular complexity index is 432. The molecule has 0 aliphatic carbocycles. The van der Waals surface area contributed by atoms with Crippen LogP contribution in [0.3, 0.4) is 0 Å². The van der Waals surface area contributed by atoms with E-state index in [0.29, 0.717) is 23.7 Å². The van der Waals surface area contributed by atoms with E-state index in [1.807, 2.05) is 0 Å². The number of primary amides is 1. The standard InChI is InChI=1S/C17H27NO3/c1-3-4-5-6-7-8-9-12-21-15-11-10-14(17(18)19)13-16(15)20-2/h10-11,13H,3-9,12H2,1-2H3,(H2,18,19). The number of ether oxygens (including phenoxy) is 2. The fourth-order valence-electron chi connectivity index (χ4n) is 2.18. The van der Waals surface area contributed by atoms with Gasteiger partial charge < -0.3 is 15.2 Å². The van der Waals surface area contributed by atoms with Crippen molar-refractivity contribution in [3.8, 4) is 11.5 Å². The Kier molecular flexibility index (Phi) is 8.32. The lowest BCUT2D eigenvalue weighted by Crippen LogP contribution is -2.11. The van der Waals surface area contributed by atoms with Crippen molar-refractivity contribution in [2.24, 2.45) is 5.73 Å². The molecule has 1 rings (SSSR count). The molecule has 4 heteroatoms. The van der Waals surface area contributed by atoms with Crippen LogP contribution in [-0.4, -0.2) is 19.6 Å². The van der Waals surface area contributed by atoms with Gasteiger partial charge >= 0.3 is 0 Å². The van der Waals surface area contributed by atoms with Gasteiger partial charge in [-0.05, 0) is 24.6 Å². The summed E-state index contributed by atoms with van der Waals surface area (Å²) in [5.41, 5.74) is 5.67. The summed E-state index contributed by atoms with van der Waals surface area (Å²) in [6.45, 7) is 2.89. The normalized spacial score (nSPS) is 10.4. The summed E-state index contributed by atoms with van der Waals surface area (Å²) in [6, 6.07) is 5.01. The summed E-state index contributed by atoms with van der Waals surface area (Å²) >= 11 is 0. The van der Waals surface area contributed by atoms with Crippen molar-refractivity contribution in [1.82, 2.24) is 0 Å². The highest BCUT2D eigenvalue weighted by Crippen LogP contribution is 2.28. The lowest BCUT2D eigenvalue weighted by Gasteiger charge is -2.11. The molecule has 0 unspecified atom stereocenters. The van der Waals surface area contributed by atoms with Crippen LogP contribution < -0.4 is 15.2 Å². The average molecular weight is 293 g/mol. The Labute approximate surface area is 127 Å². The van der Waals surface area contributed by atoms with E-state index in [0.717, 1.165) is 6.42 Å². The minimum atomic E-state index is -0.466. The molecule has 0 saturated heterocycles. The van der Waals surface area contributed by atoms with Crippen LogP contribution in [-0.2, 0) is 0 Å². The molecule has 1 aromatic rings. The molecule has 0 atom stereocenters. The number of benzene rings is 1. The number of nitrogens with two attached hydrogens (primary N) is 1. The van der Waals surface area contributed by atoms with Gasteiger partial charge in [-0.15, -0.1) is 0 Å². The van der Waals surface area contributed by atoms with Crippen LogP contribution in [0.25, 0.3) is 0 Å². The van der Waals surface area contributed by atoms with Gasteiger partial charge in [0, 0.05) is 5.56 Å². The summed E-state index contributed by atoms with van der Waals surface area (Å²) in [4.78, 5) is 11.1. The van der Waals surface area contributed by atoms with Gasteiger partial charge in [0.05, 0.1) is 13.7 Å². The maximum Gasteiger partial charge on any atom is 0.248 e. The van der Waals surface area contributed by atoms with Crippen molar-refractivity contribution in [3.63, 3.8) is 0 Å². The van der Waals surface area contributed by atoms with E-state index >= 15 is 0 Å². The average Bonchev–Trinajstić information content (AvgIpc) is 2.49. The van der Waals surface area contributed by atoms with Crippen molar-refractivity contribution < 1.29 is 14.3 Å². The van der Waals surface area contributed by atoms with E-state index in [9.17, 15) is 4.79 Å². The molecule has 1 aromatic carbocycles. The smallest absolute Gasteiger partial charge is 0.248 e. The van der Waals surface area contributed by atoms with Crippen LogP contribution in [0.15, 0.2) is 18.2 Å². The summed E-state index contributed by atoms with van der Waals surface area (Å²) in [7, 11) is 1.56. The number of carbonyl (C=O) groups is 1. The number of carbonyl (C=O) groups excluding carboxylic acids is 1. The van der Waals surface area contributed by atoms with Gasteiger partial charge in [-0.3, -0.25) is 4.79 Å². The Morgan fingerprint density at radius 3 is 2.33 bits per heavy atom. The van der Waals surface area contributed by atoms with Crippen molar-refractivity contribution in [2.45, 2.75) is 51.9 Å². The topological polar surface area (TPSA) is 61.5 Å². The van der Waals surface area contributed by atoms with Gasteiger partial charge in [-0.2, -0.15) is 0 Å². The third-order valence-electron chi connectivity index (χ3n) is 3.45. The largest absolute Gasteiger partial charge is 0.493 e. The number of amides is 1. The summed E-state index contributed by atoms with van der Waals surface area (Å²) < 4.78 is 10.9. The van der Waals surface area contributed by atoms with Gasteiger partial charge in [0.15, 0.2) is 11.5 Å². The molecule has 0 saturated carbocycles. The highest BCUT2D eigenvalue weighted by Gasteiger charge is 2.08. The first kappa shape index (κ1) is 17.3. The van der Waals surface area contributed by atoms with Gasteiger partial charge in [-0.25, -0.2) is 0 Å². The second-order valence-corrected chi connectivity index (χ2v) is 5.20. The van der Waals surface area contributed by atoms with E-state index < -0.39 is 5.91 Å². The fourth-order valence-corrected chi connectivity index (χ4v) is 2.18. The molecule has 0 heterocycles. The Hall–Kier alpha value is -1.71. The second-order valence-electron chi connectivity index (χ2n) is 5.20. The summed E-state index contributed by atoms with van der Waals surface area (Å²) in [5, 5.41) is 0. The van der Waals surface area contributed by atoms with Crippen LogP contribution in [0, 0.1) is 0 Å². The molecule has 0 aliphatic heterocycles. The van der Waals surface area contributed by atoms with E-state index in [1.54, 1.807) is 25.3 Å². The van der Waals surface area contributed by atoms with Gasteiger partial charge in [-0.1, -0.05) is 45.4 Å². The van der Waals surface area contributed by atoms with Gasteiger partial charge in [0.2, 0.25) is 5.91 Å². The quantitative estimate of drug-likeness (QED) is 0.629. The highest BCUT2D eigenvalue weighted by atomic mass is 16.5. The maximum absolute atomic E-state index is 11.1. The lowest BCUT2D eigenvalue weighted by atomic mass is 10.1. The van der Waals surface area contributed by atoms with Gasteiger partial charge in [0.25, 0.3) is 0 Å². The molecule has 118 valence electrons. The Balaban J connectivity index is 2.30. The van der Waals surface area contributed by atoms with Crippen molar-refractivity contribution >= 4 is 5.91 Å². The van der Waals surface area contributed by atoms with Crippen molar-refractivity contribution in [1.29, 1.82) is 0 Å². The first-order valence-electron chi connectivity index (χ1n) is 7.79. The molecule has 4 nitrogen and oxygen atoms in total. The first-order valence-corrected chi connectivity index (χ1v) is 7.79. The number of hydrogen-bond acceptors (Lipinski definition) is 3. The molecule has 2 N–H and O–H groups in total. The zero-order valence-corrected chi connectivity index (χ0v) is 13.2. The van der Waals surface area contributed by atoms with E-state index in [1.165, 1.54) is 38.5 Å². The molecule has 0 aliphatic rings. The van der Waals surface area contributed by atoms with Crippen LogP contribution in [0.2, 0.25) is 0 Å². The minimum Gasteiger partial charge on any atom is -0.493 e. The highest BCUT2D eigenvalue weighted by molar-refractivity contribution is 5.93. The van der Waals surface area contributed by atoms with Crippen LogP contribution in [0.4, 0.5) is 0 Å². The van der Waals surface area contributed by atoms with Crippen LogP contribution >= 0.6 is 0 Å². The number of unbranched alkanes of at least 4 members (excludes halogenated alkanes) is 6. The van der Waals surface area contributed by atoms with Crippen LogP contribution in [0.1, 0.15) is 62.2 Å². The summed E-state index contributed by atoms with van der Waals surface area (Å²) in [5.74, 6) is 0.745. The third kappa shape index (κ3) is 6.52. The SMILES string of the molecule is CCCCCCCCCOc1ccc(C(N)=O)cc1OC. The van der Waals surface area contributed by atoms with Gasteiger partial charge in [0.1, 0.15) is 0 Å². The van der Waals surface area contributed by atoms with E-state index in [-0.39, 0.29) is 0 Å². The zero-order valence-electron chi connectivity index (χ0n) is 13.2. The fraction of sp³-hybridized carbons (Fsp3) is 0.588. The predicted molar refractivity (Wildman–Crippen MR) is 85.0 cm³/mol. The lowest BCUT2D eigenvalue weighted by molar-refractivity contribution is 0.1000. The molecule has 0 spiro atoms. The van der Waals surface area contributed by atoms with Crippen molar-refractivity contribution in [2.75, 3.05) is 13.7 Å². The van der Waals surface area contributed by atoms with E-state index in [4.69, 9.17) is 15.2 Å². The Morgan fingerprint density at radius 1 is 1.05 bits per heavy atom. The number of methoxy groups -OCH3 is 1. The molecular formula is C17H27NO3. The molecule has 0 radical (unpaired) electrons. The monoisotopic (exact) mass is 293 g/mol. The number of rotatable bonds is 11. The zero-order chi connectivity index (χ0) is 15.5. The molecule has 1 amide bonds.